The molecule has 0 aliphatic rings. The molecule has 0 aliphatic carbocycles. The third kappa shape index (κ3) is 3.17. The molecule has 0 radical (unpaired) electrons. The highest BCUT2D eigenvalue weighted by Crippen LogP contribution is 2.21. The molecule has 2 aromatic heterocycles. The number of nitrogens with zero attached hydrogens (tertiary/aromatic N) is 3. The van der Waals surface area contributed by atoms with Crippen LogP contribution in [0.3, 0.4) is 0 Å². The van der Waals surface area contributed by atoms with Crippen LogP contribution in [0, 0.1) is 6.92 Å². The number of nitrogens with one attached hydrogen (secondary N) is 2. The Bertz CT molecular complexity index is 689. The van der Waals surface area contributed by atoms with Crippen molar-refractivity contribution < 1.29 is 8.42 Å². The number of anilines is 1. The first kappa shape index (κ1) is 14.9. The molecule has 110 valence electrons. The molecule has 7 nitrogen and oxygen atoms in total. The summed E-state index contributed by atoms with van der Waals surface area (Å²) in [6.07, 6.45) is 1.63. The van der Waals surface area contributed by atoms with Gasteiger partial charge in [0.1, 0.15) is 9.90 Å². The molecular weight excluding hydrogens is 298 g/mol. The van der Waals surface area contributed by atoms with E-state index in [1.807, 2.05) is 18.5 Å². The number of hydrogen-bond donors (Lipinski definition) is 2. The van der Waals surface area contributed by atoms with E-state index in [0.717, 1.165) is 5.69 Å². The highest BCUT2D eigenvalue weighted by molar-refractivity contribution is 7.93. The van der Waals surface area contributed by atoms with Crippen molar-refractivity contribution in [1.82, 2.24) is 20.1 Å². The summed E-state index contributed by atoms with van der Waals surface area (Å²) in [7, 11) is -1.80. The Labute approximate surface area is 122 Å². The first-order valence-electron chi connectivity index (χ1n) is 6.13. The fraction of sp³-hybridized carbons (Fsp3) is 0.455. The number of aromatic nitrogens is 3. The molecule has 0 unspecified atom stereocenters. The Morgan fingerprint density at radius 1 is 1.40 bits per heavy atom. The minimum absolute atomic E-state index is 0.234. The molecule has 0 saturated heterocycles. The van der Waals surface area contributed by atoms with Gasteiger partial charge in [0.05, 0.1) is 0 Å². The standard InChI is InChI=1S/C11H17N5O2S2/c1-4-16-7-10(5-9(16)6-12-3)20(17,18)15-11-14-13-8(2)19-11/h5,7,12H,4,6H2,1-3H3,(H,14,15). The number of rotatable bonds is 6. The summed E-state index contributed by atoms with van der Waals surface area (Å²) in [5.41, 5.74) is 0.920. The van der Waals surface area contributed by atoms with E-state index in [0.29, 0.717) is 18.1 Å². The minimum atomic E-state index is -3.62. The number of aryl methyl sites for hydroxylation is 2. The Morgan fingerprint density at radius 2 is 2.15 bits per heavy atom. The summed E-state index contributed by atoms with van der Waals surface area (Å²) in [5, 5.41) is 11.6. The van der Waals surface area contributed by atoms with Crippen LogP contribution in [0.1, 0.15) is 17.6 Å². The number of hydrogen-bond acceptors (Lipinski definition) is 6. The van der Waals surface area contributed by atoms with E-state index in [1.54, 1.807) is 19.2 Å². The summed E-state index contributed by atoms with van der Waals surface area (Å²) in [6.45, 7) is 5.07. The van der Waals surface area contributed by atoms with Crippen molar-refractivity contribution in [3.63, 3.8) is 0 Å². The fourth-order valence-electron chi connectivity index (χ4n) is 1.81. The van der Waals surface area contributed by atoms with Crippen LogP contribution in [0.5, 0.6) is 0 Å². The maximum atomic E-state index is 12.3. The van der Waals surface area contributed by atoms with Crippen LogP contribution in [-0.4, -0.2) is 30.2 Å². The predicted molar refractivity (Wildman–Crippen MR) is 78.3 cm³/mol. The normalized spacial score (nSPS) is 11.8. The van der Waals surface area contributed by atoms with Gasteiger partial charge in [0.15, 0.2) is 0 Å². The van der Waals surface area contributed by atoms with E-state index in [2.05, 4.69) is 20.2 Å². The molecule has 0 atom stereocenters. The van der Waals surface area contributed by atoms with Gasteiger partial charge >= 0.3 is 0 Å². The maximum Gasteiger partial charge on any atom is 0.265 e. The van der Waals surface area contributed by atoms with E-state index in [4.69, 9.17) is 0 Å². The quantitative estimate of drug-likeness (QED) is 0.836. The Kier molecular flexibility index (Phi) is 4.41. The fourth-order valence-corrected chi connectivity index (χ4v) is 3.69. The lowest BCUT2D eigenvalue weighted by molar-refractivity contribution is 0.600. The molecule has 0 bridgehead atoms. The maximum absolute atomic E-state index is 12.3. The zero-order valence-electron chi connectivity index (χ0n) is 11.5. The molecule has 9 heteroatoms. The largest absolute Gasteiger partial charge is 0.349 e. The second kappa shape index (κ2) is 5.90. The first-order valence-corrected chi connectivity index (χ1v) is 8.42. The highest BCUT2D eigenvalue weighted by atomic mass is 32.2. The van der Waals surface area contributed by atoms with Crippen LogP contribution in [0.15, 0.2) is 17.2 Å². The van der Waals surface area contributed by atoms with Crippen molar-refractivity contribution in [2.75, 3.05) is 11.8 Å². The Balaban J connectivity index is 2.29. The van der Waals surface area contributed by atoms with E-state index in [-0.39, 0.29) is 10.0 Å². The number of sulfonamides is 1. The van der Waals surface area contributed by atoms with Crippen molar-refractivity contribution in [3.8, 4) is 0 Å². The zero-order valence-corrected chi connectivity index (χ0v) is 13.2. The molecule has 2 heterocycles. The van der Waals surface area contributed by atoms with Crippen LogP contribution in [0.2, 0.25) is 0 Å². The third-order valence-corrected chi connectivity index (χ3v) is 4.91. The lowest BCUT2D eigenvalue weighted by atomic mass is 10.4. The highest BCUT2D eigenvalue weighted by Gasteiger charge is 2.19. The van der Waals surface area contributed by atoms with E-state index >= 15 is 0 Å². The minimum Gasteiger partial charge on any atom is -0.349 e. The van der Waals surface area contributed by atoms with Gasteiger partial charge in [0.2, 0.25) is 5.13 Å². The summed E-state index contributed by atoms with van der Waals surface area (Å²) in [4.78, 5) is 0.234. The molecule has 20 heavy (non-hydrogen) atoms. The van der Waals surface area contributed by atoms with Gasteiger partial charge < -0.3 is 9.88 Å². The van der Waals surface area contributed by atoms with Crippen molar-refractivity contribution in [2.24, 2.45) is 0 Å². The first-order chi connectivity index (χ1) is 9.46. The van der Waals surface area contributed by atoms with Crippen molar-refractivity contribution in [3.05, 3.63) is 23.0 Å². The molecule has 0 fully saturated rings. The zero-order chi connectivity index (χ0) is 14.8. The molecule has 2 aromatic rings. The third-order valence-electron chi connectivity index (χ3n) is 2.72. The van der Waals surface area contributed by atoms with Gasteiger partial charge in [-0.15, -0.1) is 10.2 Å². The van der Waals surface area contributed by atoms with Gasteiger partial charge in [-0.1, -0.05) is 11.3 Å². The SMILES string of the molecule is CCn1cc(S(=O)(=O)Nc2nnc(C)s2)cc1CNC. The second-order valence-corrected chi connectivity index (χ2v) is 7.08. The van der Waals surface area contributed by atoms with Crippen molar-refractivity contribution >= 4 is 26.5 Å². The summed E-state index contributed by atoms with van der Waals surface area (Å²) in [6, 6.07) is 1.66. The monoisotopic (exact) mass is 315 g/mol. The molecule has 0 aromatic carbocycles. The molecule has 0 saturated carbocycles. The van der Waals surface area contributed by atoms with Crippen LogP contribution >= 0.6 is 11.3 Å². The molecule has 2 N–H and O–H groups in total. The van der Waals surface area contributed by atoms with Gasteiger partial charge in [-0.05, 0) is 27.0 Å². The van der Waals surface area contributed by atoms with E-state index in [1.165, 1.54) is 11.3 Å². The summed E-state index contributed by atoms with van der Waals surface area (Å²) < 4.78 is 28.9. The Hall–Kier alpha value is -1.45. The summed E-state index contributed by atoms with van der Waals surface area (Å²) >= 11 is 1.20. The topological polar surface area (TPSA) is 88.9 Å². The van der Waals surface area contributed by atoms with Crippen molar-refractivity contribution in [2.45, 2.75) is 31.8 Å². The van der Waals surface area contributed by atoms with Gasteiger partial charge in [-0.3, -0.25) is 4.72 Å². The van der Waals surface area contributed by atoms with Gasteiger partial charge in [0.25, 0.3) is 10.0 Å². The van der Waals surface area contributed by atoms with Gasteiger partial charge in [-0.2, -0.15) is 0 Å². The second-order valence-electron chi connectivity index (χ2n) is 4.22. The molecule has 0 aliphatic heterocycles. The lowest BCUT2D eigenvalue weighted by Crippen LogP contribution is -2.12. The lowest BCUT2D eigenvalue weighted by Gasteiger charge is -2.03. The van der Waals surface area contributed by atoms with E-state index in [9.17, 15) is 8.42 Å². The predicted octanol–water partition coefficient (Wildman–Crippen LogP) is 1.19. The van der Waals surface area contributed by atoms with Crippen molar-refractivity contribution in [1.29, 1.82) is 0 Å². The van der Waals surface area contributed by atoms with Crippen LogP contribution in [0.25, 0.3) is 0 Å². The molecule has 0 spiro atoms. The van der Waals surface area contributed by atoms with Crippen LogP contribution in [-0.2, 0) is 23.1 Å². The average molecular weight is 315 g/mol. The summed E-state index contributed by atoms with van der Waals surface area (Å²) in [5.74, 6) is 0. The van der Waals surface area contributed by atoms with E-state index < -0.39 is 10.0 Å². The average Bonchev–Trinajstić information content (AvgIpc) is 2.96. The van der Waals surface area contributed by atoms with Crippen LogP contribution in [0.4, 0.5) is 5.13 Å². The molecule has 2 rings (SSSR count). The Morgan fingerprint density at radius 3 is 2.70 bits per heavy atom. The van der Waals surface area contributed by atoms with Gasteiger partial charge in [-0.25, -0.2) is 8.42 Å². The van der Waals surface area contributed by atoms with Gasteiger partial charge in [0, 0.05) is 25.0 Å². The molecular formula is C11H17N5O2S2. The molecule has 0 amide bonds. The smallest absolute Gasteiger partial charge is 0.265 e. The van der Waals surface area contributed by atoms with Crippen LogP contribution < -0.4 is 10.0 Å².